The fraction of sp³-hybridized carbons (Fsp3) is 0.217. The maximum absolute atomic E-state index is 12.5. The van der Waals surface area contributed by atoms with Crippen molar-refractivity contribution in [2.75, 3.05) is 18.1 Å². The fourth-order valence-corrected chi connectivity index (χ4v) is 3.36. The molecule has 1 aliphatic heterocycles. The number of fused-ring (bicyclic) bond motifs is 1. The Kier molecular flexibility index (Phi) is 5.52. The topological polar surface area (TPSA) is 54.5 Å². The first-order valence-corrected chi connectivity index (χ1v) is 9.52. The van der Waals surface area contributed by atoms with Gasteiger partial charge in [-0.15, -0.1) is 0 Å². The average Bonchev–Trinajstić information content (AvgIpc) is 3.19. The SMILES string of the molecule is O=C(NCCCOc1cccnc1)c1cccc(N2Cc3ccccc3C2)c1. The molecule has 0 fully saturated rings. The molecule has 1 N–H and O–H groups in total. The van der Waals surface area contributed by atoms with E-state index in [4.69, 9.17) is 4.74 Å². The van der Waals surface area contributed by atoms with Crippen LogP contribution in [0.15, 0.2) is 73.1 Å². The number of amides is 1. The third-order valence-corrected chi connectivity index (χ3v) is 4.82. The first kappa shape index (κ1) is 18.0. The van der Waals surface area contributed by atoms with Crippen LogP contribution in [0.3, 0.4) is 0 Å². The lowest BCUT2D eigenvalue weighted by Gasteiger charge is -2.18. The summed E-state index contributed by atoms with van der Waals surface area (Å²) in [6.45, 7) is 2.87. The molecule has 28 heavy (non-hydrogen) atoms. The second kappa shape index (κ2) is 8.57. The number of ether oxygens (including phenoxy) is 1. The highest BCUT2D eigenvalue weighted by molar-refractivity contribution is 5.95. The zero-order chi connectivity index (χ0) is 19.2. The smallest absolute Gasteiger partial charge is 0.251 e. The molecule has 5 nitrogen and oxygen atoms in total. The molecule has 0 saturated carbocycles. The highest BCUT2D eigenvalue weighted by Crippen LogP contribution is 2.28. The number of nitrogens with one attached hydrogen (secondary N) is 1. The minimum Gasteiger partial charge on any atom is -0.492 e. The van der Waals surface area contributed by atoms with Crippen LogP contribution in [0.5, 0.6) is 5.75 Å². The molecular formula is C23H23N3O2. The Hall–Kier alpha value is -3.34. The number of anilines is 1. The molecule has 1 amide bonds. The number of carbonyl (C=O) groups is 1. The Morgan fingerprint density at radius 1 is 1.04 bits per heavy atom. The first-order valence-electron chi connectivity index (χ1n) is 9.52. The van der Waals surface area contributed by atoms with Crippen molar-refractivity contribution >= 4 is 11.6 Å². The van der Waals surface area contributed by atoms with Gasteiger partial charge in [-0.25, -0.2) is 0 Å². The number of carbonyl (C=O) groups excluding carboxylic acids is 1. The van der Waals surface area contributed by atoms with Crippen LogP contribution in [0.1, 0.15) is 27.9 Å². The van der Waals surface area contributed by atoms with E-state index in [1.165, 1.54) is 11.1 Å². The van der Waals surface area contributed by atoms with Gasteiger partial charge in [0.15, 0.2) is 0 Å². The predicted octanol–water partition coefficient (Wildman–Crippen LogP) is 3.80. The number of pyridine rings is 1. The molecule has 0 atom stereocenters. The summed E-state index contributed by atoms with van der Waals surface area (Å²) >= 11 is 0. The Labute approximate surface area is 165 Å². The molecule has 0 unspecified atom stereocenters. The minimum atomic E-state index is -0.0556. The summed E-state index contributed by atoms with van der Waals surface area (Å²) < 4.78 is 5.59. The predicted molar refractivity (Wildman–Crippen MR) is 109 cm³/mol. The van der Waals surface area contributed by atoms with E-state index < -0.39 is 0 Å². The van der Waals surface area contributed by atoms with Crippen LogP contribution in [-0.4, -0.2) is 24.0 Å². The largest absolute Gasteiger partial charge is 0.492 e. The lowest BCUT2D eigenvalue weighted by atomic mass is 10.1. The van der Waals surface area contributed by atoms with Gasteiger partial charge in [0, 0.05) is 37.1 Å². The van der Waals surface area contributed by atoms with Crippen molar-refractivity contribution in [3.8, 4) is 5.75 Å². The van der Waals surface area contributed by atoms with Crippen LogP contribution in [0.4, 0.5) is 5.69 Å². The Bertz CT molecular complexity index is 918. The molecule has 2 aromatic carbocycles. The van der Waals surface area contributed by atoms with E-state index in [2.05, 4.69) is 45.5 Å². The van der Waals surface area contributed by atoms with Gasteiger partial charge in [0.05, 0.1) is 12.8 Å². The van der Waals surface area contributed by atoms with E-state index in [1.807, 2.05) is 30.3 Å². The number of benzene rings is 2. The molecule has 3 aromatic rings. The standard InChI is InChI=1S/C23H23N3O2/c27-23(25-12-5-13-28-22-10-4-11-24-15-22)18-8-3-9-21(14-18)26-16-19-6-1-2-7-20(19)17-26/h1-4,6-11,14-15H,5,12-13,16-17H2,(H,25,27). The van der Waals surface area contributed by atoms with Crippen LogP contribution < -0.4 is 15.0 Å². The van der Waals surface area contributed by atoms with Crippen molar-refractivity contribution in [1.82, 2.24) is 10.3 Å². The van der Waals surface area contributed by atoms with Gasteiger partial charge in [0.1, 0.15) is 5.75 Å². The van der Waals surface area contributed by atoms with Gasteiger partial charge in [-0.05, 0) is 47.9 Å². The minimum absolute atomic E-state index is 0.0556. The van der Waals surface area contributed by atoms with Crippen molar-refractivity contribution in [3.05, 3.63) is 89.7 Å². The van der Waals surface area contributed by atoms with Crippen LogP contribution in [0.2, 0.25) is 0 Å². The van der Waals surface area contributed by atoms with Crippen LogP contribution >= 0.6 is 0 Å². The van der Waals surface area contributed by atoms with E-state index >= 15 is 0 Å². The summed E-state index contributed by atoms with van der Waals surface area (Å²) in [6.07, 6.45) is 4.13. The molecule has 0 spiro atoms. The summed E-state index contributed by atoms with van der Waals surface area (Å²) in [5.74, 6) is 0.688. The lowest BCUT2D eigenvalue weighted by Crippen LogP contribution is -2.26. The molecular weight excluding hydrogens is 350 g/mol. The third-order valence-electron chi connectivity index (χ3n) is 4.82. The van der Waals surface area contributed by atoms with E-state index in [-0.39, 0.29) is 5.91 Å². The molecule has 0 aliphatic carbocycles. The third kappa shape index (κ3) is 4.31. The van der Waals surface area contributed by atoms with Gasteiger partial charge in [0.25, 0.3) is 5.91 Å². The van der Waals surface area contributed by atoms with Crippen molar-refractivity contribution < 1.29 is 9.53 Å². The van der Waals surface area contributed by atoms with E-state index in [9.17, 15) is 4.79 Å². The van der Waals surface area contributed by atoms with Gasteiger partial charge in [-0.3, -0.25) is 9.78 Å². The maximum Gasteiger partial charge on any atom is 0.251 e. The molecule has 0 saturated heterocycles. The summed E-state index contributed by atoms with van der Waals surface area (Å²) in [5, 5.41) is 2.97. The summed E-state index contributed by atoms with van der Waals surface area (Å²) in [7, 11) is 0. The molecule has 4 rings (SSSR count). The molecule has 1 aliphatic rings. The normalized spacial score (nSPS) is 12.5. The average molecular weight is 373 g/mol. The maximum atomic E-state index is 12.5. The highest BCUT2D eigenvalue weighted by atomic mass is 16.5. The molecule has 1 aromatic heterocycles. The van der Waals surface area contributed by atoms with E-state index in [0.717, 1.165) is 30.9 Å². The van der Waals surface area contributed by atoms with Gasteiger partial charge in [-0.1, -0.05) is 30.3 Å². The van der Waals surface area contributed by atoms with Crippen molar-refractivity contribution in [1.29, 1.82) is 0 Å². The number of rotatable bonds is 7. The number of hydrogen-bond acceptors (Lipinski definition) is 4. The Balaban J connectivity index is 1.28. The Morgan fingerprint density at radius 2 is 1.86 bits per heavy atom. The summed E-state index contributed by atoms with van der Waals surface area (Å²) in [6, 6.07) is 20.0. The zero-order valence-electron chi connectivity index (χ0n) is 15.7. The quantitative estimate of drug-likeness (QED) is 0.640. The first-order chi connectivity index (χ1) is 13.8. The van der Waals surface area contributed by atoms with Crippen LogP contribution in [0, 0.1) is 0 Å². The van der Waals surface area contributed by atoms with E-state index in [1.54, 1.807) is 12.4 Å². The van der Waals surface area contributed by atoms with Gasteiger partial charge in [0.2, 0.25) is 0 Å². The Morgan fingerprint density at radius 3 is 2.61 bits per heavy atom. The van der Waals surface area contributed by atoms with Crippen LogP contribution in [0.25, 0.3) is 0 Å². The van der Waals surface area contributed by atoms with Crippen LogP contribution in [-0.2, 0) is 13.1 Å². The molecule has 0 radical (unpaired) electrons. The second-order valence-electron chi connectivity index (χ2n) is 6.82. The summed E-state index contributed by atoms with van der Waals surface area (Å²) in [4.78, 5) is 18.8. The fourth-order valence-electron chi connectivity index (χ4n) is 3.36. The number of nitrogens with zero attached hydrogens (tertiary/aromatic N) is 2. The van der Waals surface area contributed by atoms with Crippen molar-refractivity contribution in [2.24, 2.45) is 0 Å². The monoisotopic (exact) mass is 373 g/mol. The zero-order valence-corrected chi connectivity index (χ0v) is 15.7. The van der Waals surface area contributed by atoms with Gasteiger partial charge in [-0.2, -0.15) is 0 Å². The highest BCUT2D eigenvalue weighted by Gasteiger charge is 2.19. The van der Waals surface area contributed by atoms with Crippen molar-refractivity contribution in [2.45, 2.75) is 19.5 Å². The van der Waals surface area contributed by atoms with E-state index in [0.29, 0.717) is 18.7 Å². The molecule has 0 bridgehead atoms. The molecule has 5 heteroatoms. The number of aromatic nitrogens is 1. The van der Waals surface area contributed by atoms with Gasteiger partial charge < -0.3 is 15.0 Å². The lowest BCUT2D eigenvalue weighted by molar-refractivity contribution is 0.0951. The van der Waals surface area contributed by atoms with Crippen molar-refractivity contribution in [3.63, 3.8) is 0 Å². The number of hydrogen-bond donors (Lipinski definition) is 1. The molecule has 142 valence electrons. The van der Waals surface area contributed by atoms with Gasteiger partial charge >= 0.3 is 0 Å². The molecule has 2 heterocycles. The summed E-state index contributed by atoms with van der Waals surface area (Å²) in [5.41, 5.74) is 4.46. The second-order valence-corrected chi connectivity index (χ2v) is 6.82.